The van der Waals surface area contributed by atoms with Gasteiger partial charge in [0.05, 0.1) is 0 Å². The Labute approximate surface area is 109 Å². The molecule has 1 aromatic rings. The average molecular weight is 249 g/mol. The molecule has 1 heterocycles. The number of fused-ring (bicyclic) bond motifs is 1. The van der Waals surface area contributed by atoms with Crippen LogP contribution in [-0.2, 0) is 0 Å². The highest BCUT2D eigenvalue weighted by Gasteiger charge is 2.28. The highest BCUT2D eigenvalue weighted by Crippen LogP contribution is 2.41. The lowest BCUT2D eigenvalue weighted by molar-refractivity contribution is 0.406. The van der Waals surface area contributed by atoms with Crippen molar-refractivity contribution in [1.82, 2.24) is 0 Å². The maximum atomic E-state index is 6.41. The summed E-state index contributed by atoms with van der Waals surface area (Å²) in [5, 5.41) is 0. The molecular weight excluding hydrogens is 226 g/mol. The van der Waals surface area contributed by atoms with Gasteiger partial charge in [-0.3, -0.25) is 0 Å². The van der Waals surface area contributed by atoms with E-state index in [2.05, 4.69) is 38.1 Å². The molecule has 0 amide bonds. The number of thioether (sulfide) groups is 1. The minimum absolute atomic E-state index is 0.327. The lowest BCUT2D eigenvalue weighted by atomic mass is 9.87. The Hall–Kier alpha value is -0.470. The molecule has 94 valence electrons. The fourth-order valence-corrected chi connectivity index (χ4v) is 4.13. The molecule has 0 saturated heterocycles. The van der Waals surface area contributed by atoms with E-state index in [1.165, 1.54) is 29.1 Å². The van der Waals surface area contributed by atoms with Crippen molar-refractivity contribution in [3.63, 3.8) is 0 Å². The van der Waals surface area contributed by atoms with Crippen LogP contribution in [0.2, 0.25) is 0 Å². The molecule has 1 aliphatic heterocycles. The van der Waals surface area contributed by atoms with Crippen LogP contribution in [0.4, 0.5) is 0 Å². The molecule has 1 aliphatic rings. The topological polar surface area (TPSA) is 26.0 Å². The molecule has 3 atom stereocenters. The average Bonchev–Trinajstić information content (AvgIpc) is 2.72. The smallest absolute Gasteiger partial charge is 0.0119 e. The van der Waals surface area contributed by atoms with Crippen molar-refractivity contribution in [1.29, 1.82) is 0 Å². The van der Waals surface area contributed by atoms with Crippen LogP contribution >= 0.6 is 11.8 Å². The third-order valence-corrected chi connectivity index (χ3v) is 4.92. The Morgan fingerprint density at radius 2 is 2.18 bits per heavy atom. The standard InChI is InChI=1S/C15H23NS/c1-3-6-11(2)9-14(16)13-10-17-15-8-5-4-7-12(13)15/h4-5,7-8,11,13-14H,3,6,9-10,16H2,1-2H3. The molecule has 2 rings (SSSR count). The highest BCUT2D eigenvalue weighted by molar-refractivity contribution is 7.99. The minimum atomic E-state index is 0.327. The molecule has 0 bridgehead atoms. The summed E-state index contributed by atoms with van der Waals surface area (Å²) in [7, 11) is 0. The van der Waals surface area contributed by atoms with E-state index in [0.717, 1.165) is 12.3 Å². The summed E-state index contributed by atoms with van der Waals surface area (Å²) in [5.74, 6) is 2.49. The van der Waals surface area contributed by atoms with Crippen LogP contribution in [-0.4, -0.2) is 11.8 Å². The van der Waals surface area contributed by atoms with Crippen LogP contribution < -0.4 is 5.73 Å². The van der Waals surface area contributed by atoms with E-state index in [9.17, 15) is 0 Å². The molecular formula is C15H23NS. The van der Waals surface area contributed by atoms with Crippen molar-refractivity contribution in [3.05, 3.63) is 29.8 Å². The summed E-state index contributed by atoms with van der Waals surface area (Å²) in [4.78, 5) is 1.44. The van der Waals surface area contributed by atoms with Gasteiger partial charge in [-0.15, -0.1) is 11.8 Å². The largest absolute Gasteiger partial charge is 0.327 e. The summed E-state index contributed by atoms with van der Waals surface area (Å²) >= 11 is 1.96. The van der Waals surface area contributed by atoms with Crippen LogP contribution in [0.1, 0.15) is 44.6 Å². The van der Waals surface area contributed by atoms with Gasteiger partial charge >= 0.3 is 0 Å². The Kier molecular flexibility index (Phi) is 4.52. The fraction of sp³-hybridized carbons (Fsp3) is 0.600. The Morgan fingerprint density at radius 1 is 1.41 bits per heavy atom. The summed E-state index contributed by atoms with van der Waals surface area (Å²) in [6.45, 7) is 4.58. The molecule has 0 fully saturated rings. The summed E-state index contributed by atoms with van der Waals surface area (Å²) in [6.07, 6.45) is 3.73. The van der Waals surface area contributed by atoms with Crippen LogP contribution in [0.5, 0.6) is 0 Å². The van der Waals surface area contributed by atoms with Gasteiger partial charge in [0, 0.05) is 22.6 Å². The first-order valence-corrected chi connectivity index (χ1v) is 7.68. The van der Waals surface area contributed by atoms with E-state index < -0.39 is 0 Å². The lowest BCUT2D eigenvalue weighted by Gasteiger charge is -2.23. The number of nitrogens with two attached hydrogens (primary N) is 1. The Bertz CT molecular complexity index is 364. The number of benzene rings is 1. The molecule has 0 spiro atoms. The van der Waals surface area contributed by atoms with E-state index in [-0.39, 0.29) is 0 Å². The lowest BCUT2D eigenvalue weighted by Crippen LogP contribution is -2.30. The van der Waals surface area contributed by atoms with Gasteiger partial charge in [0.25, 0.3) is 0 Å². The molecule has 0 aromatic heterocycles. The quantitative estimate of drug-likeness (QED) is 0.852. The molecule has 0 radical (unpaired) electrons. The SMILES string of the molecule is CCCC(C)CC(N)C1CSc2ccccc21. The van der Waals surface area contributed by atoms with Crippen molar-refractivity contribution in [2.24, 2.45) is 11.7 Å². The van der Waals surface area contributed by atoms with Crippen LogP contribution in [0.25, 0.3) is 0 Å². The van der Waals surface area contributed by atoms with Crippen molar-refractivity contribution >= 4 is 11.8 Å². The molecule has 1 aromatic carbocycles. The molecule has 2 N–H and O–H groups in total. The van der Waals surface area contributed by atoms with Gasteiger partial charge in [-0.2, -0.15) is 0 Å². The van der Waals surface area contributed by atoms with Gasteiger partial charge in [0.2, 0.25) is 0 Å². The van der Waals surface area contributed by atoms with Crippen molar-refractivity contribution in [2.45, 2.75) is 50.0 Å². The summed E-state index contributed by atoms with van der Waals surface area (Å²) < 4.78 is 0. The first-order valence-electron chi connectivity index (χ1n) is 6.69. The third kappa shape index (κ3) is 3.05. The van der Waals surface area contributed by atoms with Crippen LogP contribution in [0, 0.1) is 5.92 Å². The van der Waals surface area contributed by atoms with Gasteiger partial charge in [-0.05, 0) is 24.0 Å². The molecule has 3 unspecified atom stereocenters. The zero-order valence-corrected chi connectivity index (χ0v) is 11.7. The van der Waals surface area contributed by atoms with Crippen molar-refractivity contribution in [2.75, 3.05) is 5.75 Å². The molecule has 1 nitrogen and oxygen atoms in total. The summed E-state index contributed by atoms with van der Waals surface area (Å²) in [6, 6.07) is 9.07. The predicted molar refractivity (Wildman–Crippen MR) is 76.6 cm³/mol. The normalized spacial score (nSPS) is 22.2. The van der Waals surface area contributed by atoms with Gasteiger partial charge in [0.1, 0.15) is 0 Å². The summed E-state index contributed by atoms with van der Waals surface area (Å²) in [5.41, 5.74) is 7.89. The van der Waals surface area contributed by atoms with E-state index in [1.54, 1.807) is 0 Å². The number of hydrogen-bond donors (Lipinski definition) is 1. The van der Waals surface area contributed by atoms with Crippen LogP contribution in [0.15, 0.2) is 29.2 Å². The van der Waals surface area contributed by atoms with Gasteiger partial charge < -0.3 is 5.73 Å². The van der Waals surface area contributed by atoms with Gasteiger partial charge in [-0.25, -0.2) is 0 Å². The molecule has 0 aliphatic carbocycles. The minimum Gasteiger partial charge on any atom is -0.327 e. The van der Waals surface area contributed by atoms with Gasteiger partial charge in [-0.1, -0.05) is 44.9 Å². The van der Waals surface area contributed by atoms with Crippen molar-refractivity contribution in [3.8, 4) is 0 Å². The Morgan fingerprint density at radius 3 is 2.94 bits per heavy atom. The van der Waals surface area contributed by atoms with E-state index >= 15 is 0 Å². The highest BCUT2D eigenvalue weighted by atomic mass is 32.2. The zero-order valence-electron chi connectivity index (χ0n) is 10.9. The van der Waals surface area contributed by atoms with Crippen molar-refractivity contribution < 1.29 is 0 Å². The Balaban J connectivity index is 2.00. The molecule has 17 heavy (non-hydrogen) atoms. The molecule has 0 saturated carbocycles. The monoisotopic (exact) mass is 249 g/mol. The fourth-order valence-electron chi connectivity index (χ4n) is 2.78. The van der Waals surface area contributed by atoms with E-state index in [4.69, 9.17) is 5.73 Å². The second kappa shape index (κ2) is 5.92. The maximum Gasteiger partial charge on any atom is 0.0119 e. The number of rotatable bonds is 5. The second-order valence-corrected chi connectivity index (χ2v) is 6.31. The predicted octanol–water partition coefficient (Wildman–Crippen LogP) is 4.03. The zero-order chi connectivity index (χ0) is 12.3. The van der Waals surface area contributed by atoms with E-state index in [1.807, 2.05) is 11.8 Å². The van der Waals surface area contributed by atoms with Gasteiger partial charge in [0.15, 0.2) is 0 Å². The van der Waals surface area contributed by atoms with E-state index in [0.29, 0.717) is 12.0 Å². The van der Waals surface area contributed by atoms with Crippen LogP contribution in [0.3, 0.4) is 0 Å². The third-order valence-electron chi connectivity index (χ3n) is 3.71. The maximum absolute atomic E-state index is 6.41. The second-order valence-electron chi connectivity index (χ2n) is 5.25. The number of hydrogen-bond acceptors (Lipinski definition) is 2. The molecule has 2 heteroatoms. The first-order chi connectivity index (χ1) is 8.22. The first kappa shape index (κ1) is 13.0.